The van der Waals surface area contributed by atoms with Gasteiger partial charge in [-0.15, -0.1) is 0 Å². The number of thioether (sulfide) groups is 1. The molecule has 96 valence electrons. The SMILES string of the molecule is Cc1cc(F)ccc1NC1=NC2(CCCC2)CS1. The lowest BCUT2D eigenvalue weighted by Crippen LogP contribution is -2.21. The van der Waals surface area contributed by atoms with Gasteiger partial charge in [0.05, 0.1) is 5.54 Å². The Labute approximate surface area is 111 Å². The third kappa shape index (κ3) is 2.26. The molecule has 0 bridgehead atoms. The lowest BCUT2D eigenvalue weighted by Gasteiger charge is -2.16. The monoisotopic (exact) mass is 264 g/mol. The predicted molar refractivity (Wildman–Crippen MR) is 75.9 cm³/mol. The largest absolute Gasteiger partial charge is 0.335 e. The summed E-state index contributed by atoms with van der Waals surface area (Å²) in [5.74, 6) is 0.904. The Kier molecular flexibility index (Phi) is 3.06. The molecule has 1 aromatic rings. The van der Waals surface area contributed by atoms with Crippen molar-refractivity contribution in [3.8, 4) is 0 Å². The van der Waals surface area contributed by atoms with E-state index in [1.54, 1.807) is 23.9 Å². The maximum Gasteiger partial charge on any atom is 0.161 e. The zero-order chi connectivity index (χ0) is 12.6. The minimum atomic E-state index is -0.189. The Morgan fingerprint density at radius 3 is 2.83 bits per heavy atom. The highest BCUT2D eigenvalue weighted by molar-refractivity contribution is 8.14. The Bertz CT molecular complexity index is 493. The second-order valence-corrected chi connectivity index (χ2v) is 6.19. The van der Waals surface area contributed by atoms with Gasteiger partial charge in [-0.25, -0.2) is 4.39 Å². The highest BCUT2D eigenvalue weighted by Crippen LogP contribution is 2.41. The van der Waals surface area contributed by atoms with Gasteiger partial charge in [-0.2, -0.15) is 0 Å². The number of nitrogens with one attached hydrogen (secondary N) is 1. The topological polar surface area (TPSA) is 24.4 Å². The van der Waals surface area contributed by atoms with Gasteiger partial charge in [0.25, 0.3) is 0 Å². The van der Waals surface area contributed by atoms with Crippen molar-refractivity contribution in [1.29, 1.82) is 0 Å². The summed E-state index contributed by atoms with van der Waals surface area (Å²) in [6.07, 6.45) is 5.03. The van der Waals surface area contributed by atoms with E-state index in [0.717, 1.165) is 22.2 Å². The Morgan fingerprint density at radius 1 is 1.33 bits per heavy atom. The maximum absolute atomic E-state index is 13.0. The van der Waals surface area contributed by atoms with Crippen molar-refractivity contribution >= 4 is 22.6 Å². The Morgan fingerprint density at radius 2 is 2.11 bits per heavy atom. The fourth-order valence-corrected chi connectivity index (χ4v) is 3.92. The van der Waals surface area contributed by atoms with Crippen molar-refractivity contribution < 1.29 is 4.39 Å². The quantitative estimate of drug-likeness (QED) is 0.830. The van der Waals surface area contributed by atoms with Gasteiger partial charge in [-0.1, -0.05) is 24.6 Å². The zero-order valence-corrected chi connectivity index (χ0v) is 11.3. The Hall–Kier alpha value is -1.03. The van der Waals surface area contributed by atoms with Crippen LogP contribution in [0, 0.1) is 12.7 Å². The van der Waals surface area contributed by atoms with Gasteiger partial charge >= 0.3 is 0 Å². The van der Waals surface area contributed by atoms with Crippen LogP contribution in [0.1, 0.15) is 31.2 Å². The summed E-state index contributed by atoms with van der Waals surface area (Å²) in [7, 11) is 0. The van der Waals surface area contributed by atoms with Gasteiger partial charge in [0.15, 0.2) is 5.17 Å². The molecule has 1 aromatic carbocycles. The summed E-state index contributed by atoms with van der Waals surface area (Å²) in [5.41, 5.74) is 2.07. The molecule has 1 saturated carbocycles. The van der Waals surface area contributed by atoms with Gasteiger partial charge in [0, 0.05) is 11.4 Å². The lowest BCUT2D eigenvalue weighted by molar-refractivity contribution is 0.508. The van der Waals surface area contributed by atoms with Crippen molar-refractivity contribution in [2.75, 3.05) is 11.1 Å². The second kappa shape index (κ2) is 4.57. The standard InChI is InChI=1S/C14H17FN2S/c1-10-8-11(15)4-5-12(10)16-13-17-14(9-18-13)6-2-3-7-14/h4-5,8H,2-3,6-7,9H2,1H3,(H,16,17). The molecule has 1 fully saturated rings. The molecule has 0 amide bonds. The van der Waals surface area contributed by atoms with Crippen LogP contribution in [0.4, 0.5) is 10.1 Å². The molecule has 4 heteroatoms. The van der Waals surface area contributed by atoms with Gasteiger partial charge in [0.2, 0.25) is 0 Å². The normalized spacial score (nSPS) is 21.3. The molecule has 2 aliphatic rings. The van der Waals surface area contributed by atoms with Crippen LogP contribution < -0.4 is 5.32 Å². The fourth-order valence-electron chi connectivity index (χ4n) is 2.72. The molecule has 18 heavy (non-hydrogen) atoms. The zero-order valence-electron chi connectivity index (χ0n) is 10.5. The minimum absolute atomic E-state index is 0.189. The van der Waals surface area contributed by atoms with E-state index >= 15 is 0 Å². The molecule has 0 saturated heterocycles. The summed E-state index contributed by atoms with van der Waals surface area (Å²) < 4.78 is 13.0. The number of hydrogen-bond donors (Lipinski definition) is 1. The first-order chi connectivity index (χ1) is 8.67. The summed E-state index contributed by atoms with van der Waals surface area (Å²) in [6.45, 7) is 1.91. The van der Waals surface area contributed by atoms with E-state index in [4.69, 9.17) is 4.99 Å². The number of aryl methyl sites for hydroxylation is 1. The van der Waals surface area contributed by atoms with Crippen LogP contribution in [0.2, 0.25) is 0 Å². The van der Waals surface area contributed by atoms with Gasteiger partial charge < -0.3 is 5.32 Å². The summed E-state index contributed by atoms with van der Waals surface area (Å²) in [4.78, 5) is 4.85. The summed E-state index contributed by atoms with van der Waals surface area (Å²) >= 11 is 1.79. The van der Waals surface area contributed by atoms with Crippen molar-refractivity contribution in [2.45, 2.75) is 38.1 Å². The number of hydrogen-bond acceptors (Lipinski definition) is 3. The van der Waals surface area contributed by atoms with Crippen molar-refractivity contribution in [3.63, 3.8) is 0 Å². The van der Waals surface area contributed by atoms with Gasteiger partial charge in [-0.3, -0.25) is 4.99 Å². The van der Waals surface area contributed by atoms with E-state index in [0.29, 0.717) is 0 Å². The van der Waals surface area contributed by atoms with E-state index < -0.39 is 0 Å². The first kappa shape index (κ1) is 12.0. The van der Waals surface area contributed by atoms with Crippen LogP contribution >= 0.6 is 11.8 Å². The lowest BCUT2D eigenvalue weighted by atomic mass is 10.0. The molecule has 0 atom stereocenters. The molecular formula is C14H17FN2S. The average Bonchev–Trinajstić information content (AvgIpc) is 2.94. The maximum atomic E-state index is 13.0. The molecular weight excluding hydrogens is 247 g/mol. The third-order valence-electron chi connectivity index (χ3n) is 3.78. The minimum Gasteiger partial charge on any atom is -0.335 e. The second-order valence-electron chi connectivity index (χ2n) is 5.22. The van der Waals surface area contributed by atoms with Crippen LogP contribution in [0.15, 0.2) is 23.2 Å². The van der Waals surface area contributed by atoms with E-state index in [2.05, 4.69) is 5.32 Å². The fraction of sp³-hybridized carbons (Fsp3) is 0.500. The summed E-state index contributed by atoms with van der Waals surface area (Å²) in [5, 5.41) is 4.33. The Balaban J connectivity index is 1.77. The van der Waals surface area contributed by atoms with Gasteiger partial charge in [-0.05, 0) is 43.5 Å². The number of benzene rings is 1. The molecule has 1 N–H and O–H groups in total. The highest BCUT2D eigenvalue weighted by Gasteiger charge is 2.38. The number of nitrogens with zero attached hydrogens (tertiary/aromatic N) is 1. The molecule has 1 heterocycles. The number of rotatable bonds is 1. The molecule has 3 rings (SSSR count). The summed E-state index contributed by atoms with van der Waals surface area (Å²) in [6, 6.07) is 4.82. The first-order valence-electron chi connectivity index (χ1n) is 6.43. The van der Waals surface area contributed by atoms with Crippen LogP contribution in [0.5, 0.6) is 0 Å². The van der Waals surface area contributed by atoms with Crippen LogP contribution in [0.3, 0.4) is 0 Å². The smallest absolute Gasteiger partial charge is 0.161 e. The van der Waals surface area contributed by atoms with Crippen molar-refractivity contribution in [2.24, 2.45) is 4.99 Å². The number of halogens is 1. The van der Waals surface area contributed by atoms with Crippen LogP contribution in [-0.2, 0) is 0 Å². The average molecular weight is 264 g/mol. The van der Waals surface area contributed by atoms with Crippen molar-refractivity contribution in [3.05, 3.63) is 29.6 Å². The number of aliphatic imine (C=N–C) groups is 1. The first-order valence-corrected chi connectivity index (χ1v) is 7.41. The molecule has 2 nitrogen and oxygen atoms in total. The van der Waals surface area contributed by atoms with Crippen molar-refractivity contribution in [1.82, 2.24) is 0 Å². The molecule has 1 aliphatic carbocycles. The molecule has 1 aliphatic heterocycles. The number of amidine groups is 1. The molecule has 1 spiro atoms. The van der Waals surface area contributed by atoms with E-state index in [1.807, 2.05) is 6.92 Å². The van der Waals surface area contributed by atoms with E-state index in [1.165, 1.54) is 31.7 Å². The van der Waals surface area contributed by atoms with Crippen LogP contribution in [0.25, 0.3) is 0 Å². The number of anilines is 1. The van der Waals surface area contributed by atoms with Crippen LogP contribution in [-0.4, -0.2) is 16.5 Å². The third-order valence-corrected chi connectivity index (χ3v) is 4.93. The van der Waals surface area contributed by atoms with E-state index in [9.17, 15) is 4.39 Å². The van der Waals surface area contributed by atoms with E-state index in [-0.39, 0.29) is 11.4 Å². The molecule has 0 unspecified atom stereocenters. The predicted octanol–water partition coefficient (Wildman–Crippen LogP) is 3.96. The molecule has 0 radical (unpaired) electrons. The molecule has 0 aromatic heterocycles. The van der Waals surface area contributed by atoms with Gasteiger partial charge in [0.1, 0.15) is 5.82 Å². The highest BCUT2D eigenvalue weighted by atomic mass is 32.2.